The van der Waals surface area contributed by atoms with Crippen molar-refractivity contribution in [2.24, 2.45) is 11.5 Å². The molecule has 0 aromatic heterocycles. The van der Waals surface area contributed by atoms with E-state index in [2.05, 4.69) is 0 Å². The number of primary amides is 1. The fourth-order valence-electron chi connectivity index (χ4n) is 2.88. The predicted molar refractivity (Wildman–Crippen MR) is 106 cm³/mol. The van der Waals surface area contributed by atoms with Crippen LogP contribution in [0.5, 0.6) is 0 Å². The number of halogens is 1. The highest BCUT2D eigenvalue weighted by Gasteiger charge is 2.46. The quantitative estimate of drug-likeness (QED) is 0.457. The Kier molecular flexibility index (Phi) is 9.48. The first-order valence-corrected chi connectivity index (χ1v) is 10.2. The van der Waals surface area contributed by atoms with Crippen LogP contribution in [0, 0.1) is 6.92 Å². The Labute approximate surface area is 162 Å². The Morgan fingerprint density at radius 1 is 1.15 bits per heavy atom. The fourth-order valence-corrected chi connectivity index (χ4v) is 5.21. The lowest BCUT2D eigenvalue weighted by molar-refractivity contribution is -0.120. The second kappa shape index (κ2) is 10.0. The Bertz CT molecular complexity index is 730. The normalized spacial score (nSPS) is 13.7. The number of hydrogen-bond acceptors (Lipinski definition) is 5. The van der Waals surface area contributed by atoms with Gasteiger partial charge in [0.1, 0.15) is 0 Å². The molecule has 0 unspecified atom stereocenters. The molecule has 6 nitrogen and oxygen atoms in total. The van der Waals surface area contributed by atoms with Crippen LogP contribution >= 0.6 is 12.4 Å². The number of Topliss-reactive ketones (excluding diaryl/α,β-unsaturated/α-hetero) is 1. The lowest BCUT2D eigenvalue weighted by Gasteiger charge is -2.27. The summed E-state index contributed by atoms with van der Waals surface area (Å²) < 4.78 is 25.6. The van der Waals surface area contributed by atoms with Gasteiger partial charge in [-0.2, -0.15) is 0 Å². The molecule has 1 rings (SSSR count). The Hall–Kier alpha value is -1.44. The van der Waals surface area contributed by atoms with E-state index in [0.29, 0.717) is 25.7 Å². The van der Waals surface area contributed by atoms with E-state index in [9.17, 15) is 18.0 Å². The third-order valence-corrected chi connectivity index (χ3v) is 6.63. The Morgan fingerprint density at radius 2 is 1.69 bits per heavy atom. The molecule has 148 valence electrons. The van der Waals surface area contributed by atoms with Crippen LogP contribution in [0.4, 0.5) is 0 Å². The SMILES string of the molecule is CCCC(CCC)S(=O)(=O)C[C@](N)(C(N)=O)C(=O)c1cccc(C)c1.Cl. The van der Waals surface area contributed by atoms with Crippen molar-refractivity contribution in [3.05, 3.63) is 35.4 Å². The smallest absolute Gasteiger partial charge is 0.246 e. The van der Waals surface area contributed by atoms with Gasteiger partial charge in [0.2, 0.25) is 5.91 Å². The van der Waals surface area contributed by atoms with Gasteiger partial charge < -0.3 is 11.5 Å². The first kappa shape index (κ1) is 24.6. The van der Waals surface area contributed by atoms with Crippen molar-refractivity contribution in [1.82, 2.24) is 0 Å². The van der Waals surface area contributed by atoms with Crippen molar-refractivity contribution in [3.63, 3.8) is 0 Å². The monoisotopic (exact) mass is 404 g/mol. The van der Waals surface area contributed by atoms with Gasteiger partial charge in [-0.15, -0.1) is 12.4 Å². The second-order valence-corrected chi connectivity index (χ2v) is 8.82. The van der Waals surface area contributed by atoms with E-state index < -0.39 is 38.1 Å². The topological polar surface area (TPSA) is 120 Å². The molecule has 1 aromatic rings. The second-order valence-electron chi connectivity index (χ2n) is 6.54. The summed E-state index contributed by atoms with van der Waals surface area (Å²) in [5.74, 6) is -2.67. The van der Waals surface area contributed by atoms with Gasteiger partial charge in [-0.3, -0.25) is 9.59 Å². The zero-order valence-corrected chi connectivity index (χ0v) is 17.2. The van der Waals surface area contributed by atoms with Gasteiger partial charge in [0, 0.05) is 5.56 Å². The maximum absolute atomic E-state index is 12.8. The minimum Gasteiger partial charge on any atom is -0.368 e. The number of hydrogen-bond donors (Lipinski definition) is 2. The van der Waals surface area contributed by atoms with Gasteiger partial charge in [0.15, 0.2) is 21.2 Å². The molecule has 1 atom stereocenters. The largest absolute Gasteiger partial charge is 0.368 e. The maximum Gasteiger partial charge on any atom is 0.246 e. The highest BCUT2D eigenvalue weighted by atomic mass is 35.5. The molecule has 0 spiro atoms. The van der Waals surface area contributed by atoms with Gasteiger partial charge in [-0.25, -0.2) is 8.42 Å². The number of benzene rings is 1. The predicted octanol–water partition coefficient (Wildman–Crippen LogP) is 2.17. The average molecular weight is 405 g/mol. The maximum atomic E-state index is 12.8. The molecule has 26 heavy (non-hydrogen) atoms. The van der Waals surface area contributed by atoms with Gasteiger partial charge in [-0.1, -0.05) is 50.5 Å². The molecule has 0 saturated heterocycles. The molecule has 0 heterocycles. The fraction of sp³-hybridized carbons (Fsp3) is 0.556. The summed E-state index contributed by atoms with van der Waals surface area (Å²) in [4.78, 5) is 24.7. The third-order valence-electron chi connectivity index (χ3n) is 4.28. The van der Waals surface area contributed by atoms with Crippen molar-refractivity contribution in [1.29, 1.82) is 0 Å². The van der Waals surface area contributed by atoms with E-state index in [1.54, 1.807) is 25.1 Å². The minimum atomic E-state index is -3.76. The summed E-state index contributed by atoms with van der Waals surface area (Å²) in [6.07, 6.45) is 2.29. The van der Waals surface area contributed by atoms with Crippen LogP contribution in [0.3, 0.4) is 0 Å². The molecule has 4 N–H and O–H groups in total. The van der Waals surface area contributed by atoms with Crippen molar-refractivity contribution in [2.45, 2.75) is 57.2 Å². The third kappa shape index (κ3) is 5.79. The number of nitrogens with two attached hydrogens (primary N) is 2. The Balaban J connectivity index is 0.00000625. The highest BCUT2D eigenvalue weighted by Crippen LogP contribution is 2.22. The van der Waals surface area contributed by atoms with Crippen LogP contribution in [-0.2, 0) is 14.6 Å². The molecule has 0 bridgehead atoms. The number of rotatable bonds is 10. The van der Waals surface area contributed by atoms with Crippen molar-refractivity contribution >= 4 is 33.9 Å². The summed E-state index contributed by atoms with van der Waals surface area (Å²) in [6, 6.07) is 6.50. The zero-order chi connectivity index (χ0) is 19.3. The minimum absolute atomic E-state index is 0. The van der Waals surface area contributed by atoms with Crippen LogP contribution < -0.4 is 11.5 Å². The molecule has 0 radical (unpaired) electrons. The van der Waals surface area contributed by atoms with Crippen LogP contribution in [0.15, 0.2) is 24.3 Å². The van der Waals surface area contributed by atoms with E-state index >= 15 is 0 Å². The zero-order valence-electron chi connectivity index (χ0n) is 15.5. The van der Waals surface area contributed by atoms with Crippen LogP contribution in [0.25, 0.3) is 0 Å². The summed E-state index contributed by atoms with van der Waals surface area (Å²) in [6.45, 7) is 5.56. The molecule has 0 aliphatic rings. The van der Waals surface area contributed by atoms with Crippen molar-refractivity contribution in [3.8, 4) is 0 Å². The first-order chi connectivity index (χ1) is 11.6. The molecular weight excluding hydrogens is 376 g/mol. The first-order valence-electron chi connectivity index (χ1n) is 8.50. The highest BCUT2D eigenvalue weighted by molar-refractivity contribution is 7.92. The molecule has 0 aliphatic carbocycles. The van der Waals surface area contributed by atoms with E-state index in [1.807, 2.05) is 13.8 Å². The summed E-state index contributed by atoms with van der Waals surface area (Å²) >= 11 is 0. The molecule has 0 aliphatic heterocycles. The Morgan fingerprint density at radius 3 is 2.12 bits per heavy atom. The molecular formula is C18H29ClN2O4S. The number of carbonyl (C=O) groups is 2. The van der Waals surface area contributed by atoms with E-state index in [1.165, 1.54) is 6.07 Å². The summed E-state index contributed by atoms with van der Waals surface area (Å²) in [5.41, 5.74) is 10.0. The van der Waals surface area contributed by atoms with Gasteiger partial charge in [-0.05, 0) is 25.8 Å². The van der Waals surface area contributed by atoms with E-state index in [0.717, 1.165) is 5.56 Å². The molecule has 1 aromatic carbocycles. The van der Waals surface area contributed by atoms with Crippen LogP contribution in [0.2, 0.25) is 0 Å². The summed E-state index contributed by atoms with van der Waals surface area (Å²) in [7, 11) is -3.76. The van der Waals surface area contributed by atoms with E-state index in [-0.39, 0.29) is 18.0 Å². The van der Waals surface area contributed by atoms with Crippen LogP contribution in [-0.4, -0.2) is 36.6 Å². The lowest BCUT2D eigenvalue weighted by Crippen LogP contribution is -2.63. The number of aryl methyl sites for hydroxylation is 1. The van der Waals surface area contributed by atoms with Crippen molar-refractivity contribution in [2.75, 3.05) is 5.75 Å². The standard InChI is InChI=1S/C18H28N2O4S.ClH/c1-4-7-15(8-5-2)25(23,24)12-18(20,17(19)22)16(21)14-10-6-9-13(3)11-14;/h6,9-11,15H,4-5,7-8,12,20H2,1-3H3,(H2,19,22);1H/t18-;/m1./s1. The van der Waals surface area contributed by atoms with E-state index in [4.69, 9.17) is 11.5 Å². The van der Waals surface area contributed by atoms with Gasteiger partial charge >= 0.3 is 0 Å². The average Bonchev–Trinajstić information content (AvgIpc) is 2.53. The summed E-state index contributed by atoms with van der Waals surface area (Å²) in [5, 5.41) is -0.630. The number of ketones is 1. The van der Waals surface area contributed by atoms with Gasteiger partial charge in [0.25, 0.3) is 0 Å². The number of carbonyl (C=O) groups excluding carboxylic acids is 2. The van der Waals surface area contributed by atoms with Crippen molar-refractivity contribution < 1.29 is 18.0 Å². The number of sulfone groups is 1. The molecule has 0 fully saturated rings. The number of amides is 1. The molecule has 8 heteroatoms. The van der Waals surface area contributed by atoms with Crippen LogP contribution in [0.1, 0.15) is 55.5 Å². The lowest BCUT2D eigenvalue weighted by atomic mass is 9.91. The van der Waals surface area contributed by atoms with Gasteiger partial charge in [0.05, 0.1) is 11.0 Å². The molecule has 0 saturated carbocycles. The molecule has 1 amide bonds.